The van der Waals surface area contributed by atoms with Crippen molar-refractivity contribution >= 4 is 0 Å². The van der Waals surface area contributed by atoms with Gasteiger partial charge in [-0.3, -0.25) is 0 Å². The molecule has 1 saturated heterocycles. The summed E-state index contributed by atoms with van der Waals surface area (Å²) in [5.41, 5.74) is 0. The lowest BCUT2D eigenvalue weighted by Crippen LogP contribution is -2.11. The van der Waals surface area contributed by atoms with Crippen molar-refractivity contribution in [3.63, 3.8) is 0 Å². The van der Waals surface area contributed by atoms with Gasteiger partial charge in [-0.05, 0) is 37.0 Å². The molecular formula is C14H28O. The van der Waals surface area contributed by atoms with Gasteiger partial charge in [-0.1, -0.05) is 40.5 Å². The number of hydrogen-bond donors (Lipinski definition) is 0. The van der Waals surface area contributed by atoms with Gasteiger partial charge in [-0.2, -0.15) is 0 Å². The summed E-state index contributed by atoms with van der Waals surface area (Å²) in [5.74, 6) is 2.51. The standard InChI is InChI=1S/C14H28O/c1-5-6-12(4)8-14-9-13(10-15-14)7-11(2)3/h11-14H,5-10H2,1-4H3. The van der Waals surface area contributed by atoms with E-state index in [1.54, 1.807) is 0 Å². The average molecular weight is 212 g/mol. The molecule has 1 fully saturated rings. The molecule has 3 atom stereocenters. The van der Waals surface area contributed by atoms with Crippen LogP contribution in [0.3, 0.4) is 0 Å². The minimum absolute atomic E-state index is 0.565. The Kier molecular flexibility index (Phi) is 5.66. The van der Waals surface area contributed by atoms with Crippen LogP contribution in [0.25, 0.3) is 0 Å². The summed E-state index contributed by atoms with van der Waals surface area (Å²) < 4.78 is 5.88. The van der Waals surface area contributed by atoms with E-state index in [2.05, 4.69) is 27.7 Å². The predicted octanol–water partition coefficient (Wildman–Crippen LogP) is 4.26. The molecule has 0 aromatic heterocycles. The van der Waals surface area contributed by atoms with E-state index >= 15 is 0 Å². The molecular weight excluding hydrogens is 184 g/mol. The normalized spacial score (nSPS) is 28.6. The third kappa shape index (κ3) is 5.01. The number of hydrogen-bond acceptors (Lipinski definition) is 1. The van der Waals surface area contributed by atoms with Crippen molar-refractivity contribution in [3.05, 3.63) is 0 Å². The van der Waals surface area contributed by atoms with Gasteiger partial charge >= 0.3 is 0 Å². The van der Waals surface area contributed by atoms with E-state index in [1.807, 2.05) is 0 Å². The lowest BCUT2D eigenvalue weighted by Gasteiger charge is -2.15. The third-order valence-corrected chi connectivity index (χ3v) is 3.42. The van der Waals surface area contributed by atoms with Crippen molar-refractivity contribution in [3.8, 4) is 0 Å². The van der Waals surface area contributed by atoms with Crippen LogP contribution in [-0.4, -0.2) is 12.7 Å². The minimum atomic E-state index is 0.565. The van der Waals surface area contributed by atoms with Crippen LogP contribution in [0.15, 0.2) is 0 Å². The van der Waals surface area contributed by atoms with E-state index in [4.69, 9.17) is 4.74 Å². The maximum Gasteiger partial charge on any atom is 0.0581 e. The van der Waals surface area contributed by atoms with Gasteiger partial charge in [-0.25, -0.2) is 0 Å². The molecule has 0 aromatic rings. The summed E-state index contributed by atoms with van der Waals surface area (Å²) in [6.07, 6.45) is 7.17. The fourth-order valence-electron chi connectivity index (χ4n) is 2.83. The molecule has 0 amide bonds. The van der Waals surface area contributed by atoms with Crippen molar-refractivity contribution in [2.75, 3.05) is 6.61 Å². The molecule has 0 spiro atoms. The fourth-order valence-corrected chi connectivity index (χ4v) is 2.83. The van der Waals surface area contributed by atoms with E-state index in [-0.39, 0.29) is 0 Å². The molecule has 0 aliphatic carbocycles. The third-order valence-electron chi connectivity index (χ3n) is 3.42. The highest BCUT2D eigenvalue weighted by Gasteiger charge is 2.26. The Bertz CT molecular complexity index is 165. The van der Waals surface area contributed by atoms with E-state index in [0.29, 0.717) is 6.10 Å². The predicted molar refractivity (Wildman–Crippen MR) is 66.0 cm³/mol. The second-order valence-corrected chi connectivity index (χ2v) is 5.82. The van der Waals surface area contributed by atoms with Gasteiger partial charge in [0, 0.05) is 6.61 Å². The Morgan fingerprint density at radius 2 is 1.93 bits per heavy atom. The molecule has 0 saturated carbocycles. The summed E-state index contributed by atoms with van der Waals surface area (Å²) in [7, 11) is 0. The first-order valence-corrected chi connectivity index (χ1v) is 6.73. The van der Waals surface area contributed by atoms with Gasteiger partial charge in [0.15, 0.2) is 0 Å². The molecule has 90 valence electrons. The van der Waals surface area contributed by atoms with Crippen molar-refractivity contribution in [2.24, 2.45) is 17.8 Å². The smallest absolute Gasteiger partial charge is 0.0581 e. The van der Waals surface area contributed by atoms with Crippen molar-refractivity contribution in [2.45, 2.75) is 65.9 Å². The maximum atomic E-state index is 5.88. The Labute approximate surface area is 95.6 Å². The molecule has 0 N–H and O–H groups in total. The van der Waals surface area contributed by atoms with E-state index in [0.717, 1.165) is 24.4 Å². The highest BCUT2D eigenvalue weighted by Crippen LogP contribution is 2.29. The molecule has 15 heavy (non-hydrogen) atoms. The number of ether oxygens (including phenoxy) is 1. The molecule has 1 rings (SSSR count). The fraction of sp³-hybridized carbons (Fsp3) is 1.00. The average Bonchev–Trinajstić information content (AvgIpc) is 2.51. The van der Waals surface area contributed by atoms with E-state index in [1.165, 1.54) is 32.1 Å². The van der Waals surface area contributed by atoms with Crippen LogP contribution in [0.4, 0.5) is 0 Å². The van der Waals surface area contributed by atoms with Crippen molar-refractivity contribution < 1.29 is 4.74 Å². The molecule has 1 aliphatic heterocycles. The molecule has 0 bridgehead atoms. The zero-order valence-corrected chi connectivity index (χ0v) is 11.0. The van der Waals surface area contributed by atoms with Crippen LogP contribution in [0, 0.1) is 17.8 Å². The van der Waals surface area contributed by atoms with Gasteiger partial charge in [0.1, 0.15) is 0 Å². The van der Waals surface area contributed by atoms with Gasteiger partial charge in [0.25, 0.3) is 0 Å². The maximum absolute atomic E-state index is 5.88. The second-order valence-electron chi connectivity index (χ2n) is 5.82. The lowest BCUT2D eigenvalue weighted by atomic mass is 9.91. The van der Waals surface area contributed by atoms with Crippen LogP contribution in [-0.2, 0) is 4.74 Å². The molecule has 3 unspecified atom stereocenters. The van der Waals surface area contributed by atoms with Crippen LogP contribution in [0.5, 0.6) is 0 Å². The SMILES string of the molecule is CCCC(C)CC1CC(CC(C)C)CO1. The minimum Gasteiger partial charge on any atom is -0.378 e. The Balaban J connectivity index is 2.18. The largest absolute Gasteiger partial charge is 0.378 e. The van der Waals surface area contributed by atoms with Crippen LogP contribution in [0.2, 0.25) is 0 Å². The molecule has 0 aromatic carbocycles. The highest BCUT2D eigenvalue weighted by molar-refractivity contribution is 4.76. The second kappa shape index (κ2) is 6.52. The first kappa shape index (κ1) is 13.0. The molecule has 1 heterocycles. The van der Waals surface area contributed by atoms with Crippen LogP contribution in [0.1, 0.15) is 59.8 Å². The summed E-state index contributed by atoms with van der Waals surface area (Å²) in [6, 6.07) is 0. The molecule has 1 aliphatic rings. The Morgan fingerprint density at radius 1 is 1.20 bits per heavy atom. The summed E-state index contributed by atoms with van der Waals surface area (Å²) in [6.45, 7) is 10.3. The first-order valence-electron chi connectivity index (χ1n) is 6.73. The Morgan fingerprint density at radius 3 is 2.53 bits per heavy atom. The summed E-state index contributed by atoms with van der Waals surface area (Å²) in [4.78, 5) is 0. The van der Waals surface area contributed by atoms with Crippen LogP contribution >= 0.6 is 0 Å². The molecule has 1 nitrogen and oxygen atoms in total. The molecule has 1 heteroatoms. The van der Waals surface area contributed by atoms with Gasteiger partial charge in [0.2, 0.25) is 0 Å². The first-order chi connectivity index (χ1) is 7.11. The van der Waals surface area contributed by atoms with Crippen LogP contribution < -0.4 is 0 Å². The van der Waals surface area contributed by atoms with Gasteiger partial charge in [0.05, 0.1) is 6.10 Å². The quantitative estimate of drug-likeness (QED) is 0.639. The highest BCUT2D eigenvalue weighted by atomic mass is 16.5. The summed E-state index contributed by atoms with van der Waals surface area (Å²) in [5, 5.41) is 0. The summed E-state index contributed by atoms with van der Waals surface area (Å²) >= 11 is 0. The topological polar surface area (TPSA) is 9.23 Å². The van der Waals surface area contributed by atoms with Crippen molar-refractivity contribution in [1.29, 1.82) is 0 Å². The van der Waals surface area contributed by atoms with Gasteiger partial charge in [-0.15, -0.1) is 0 Å². The zero-order chi connectivity index (χ0) is 11.3. The molecule has 0 radical (unpaired) electrons. The zero-order valence-electron chi connectivity index (χ0n) is 11.0. The number of rotatable bonds is 6. The Hall–Kier alpha value is -0.0400. The monoisotopic (exact) mass is 212 g/mol. The van der Waals surface area contributed by atoms with Crippen molar-refractivity contribution in [1.82, 2.24) is 0 Å². The van der Waals surface area contributed by atoms with E-state index < -0.39 is 0 Å². The lowest BCUT2D eigenvalue weighted by molar-refractivity contribution is 0.0864. The van der Waals surface area contributed by atoms with Gasteiger partial charge < -0.3 is 4.74 Å². The van der Waals surface area contributed by atoms with E-state index in [9.17, 15) is 0 Å².